The van der Waals surface area contributed by atoms with E-state index in [9.17, 15) is 0 Å². The second-order valence-electron chi connectivity index (χ2n) is 14.7. The molecule has 0 amide bonds. The molecule has 280 valence electrons. The molecule has 0 atom stereocenters. The van der Waals surface area contributed by atoms with Crippen LogP contribution in [-0.2, 0) is 0 Å². The number of nitrogens with one attached hydrogen (secondary N) is 2. The summed E-state index contributed by atoms with van der Waals surface area (Å²) in [6.07, 6.45) is 1.47. The molecule has 10 aromatic rings. The lowest BCUT2D eigenvalue weighted by molar-refractivity contribution is 1.18. The molecule has 0 saturated heterocycles. The number of para-hydroxylation sites is 2. The predicted molar refractivity (Wildman–Crippen MR) is 249 cm³/mol. The van der Waals surface area contributed by atoms with Crippen LogP contribution in [0.5, 0.6) is 0 Å². The van der Waals surface area contributed by atoms with Gasteiger partial charge in [-0.25, -0.2) is 0 Å². The Morgan fingerprint density at radius 2 is 0.847 bits per heavy atom. The zero-order valence-electron chi connectivity index (χ0n) is 32.3. The number of rotatable bonds is 10. The van der Waals surface area contributed by atoms with E-state index in [-0.39, 0.29) is 0 Å². The third-order valence-corrected chi connectivity index (χ3v) is 11.1. The lowest BCUT2D eigenvalue weighted by Gasteiger charge is -2.26. The van der Waals surface area contributed by atoms with Gasteiger partial charge in [-0.15, -0.1) is 0 Å². The normalized spacial score (nSPS) is 11.1. The summed E-state index contributed by atoms with van der Waals surface area (Å²) >= 11 is 0. The minimum absolute atomic E-state index is 0.839. The summed E-state index contributed by atoms with van der Waals surface area (Å²) in [5.41, 5.74) is 16.1. The van der Waals surface area contributed by atoms with Gasteiger partial charge in [0.15, 0.2) is 0 Å². The Bertz CT molecular complexity index is 2950. The Labute approximate surface area is 344 Å². The van der Waals surface area contributed by atoms with Crippen LogP contribution in [0, 0.1) is 5.41 Å². The first kappa shape index (κ1) is 35.5. The standard InChI is InChI=1S/C55H40N4/c56-38-52-53(57-45-17-9-3-10-18-45)35-34-50-51-37-44(27-36-54(51)59(55(50)52)46-19-11-4-12-20-46)43-25-32-49(33-26-43)58(47-28-21-41(22-29-47)39-13-5-1-6-14-39)48-30-23-42(24-31-48)40-15-7-2-8-16-40/h1-38,56-57H. The fourth-order valence-corrected chi connectivity index (χ4v) is 8.21. The van der Waals surface area contributed by atoms with Crippen molar-refractivity contribution in [2.24, 2.45) is 0 Å². The molecule has 59 heavy (non-hydrogen) atoms. The molecule has 0 aliphatic rings. The van der Waals surface area contributed by atoms with Crippen LogP contribution >= 0.6 is 0 Å². The van der Waals surface area contributed by atoms with Gasteiger partial charge in [0.05, 0.1) is 11.0 Å². The maximum Gasteiger partial charge on any atom is 0.0649 e. The van der Waals surface area contributed by atoms with Gasteiger partial charge in [-0.3, -0.25) is 0 Å². The minimum atomic E-state index is 0.839. The Balaban J connectivity index is 1.05. The number of anilines is 5. The van der Waals surface area contributed by atoms with Crippen molar-refractivity contribution < 1.29 is 0 Å². The SMILES string of the molecule is N=Cc1c(Nc2ccccc2)ccc2c3cc(-c4ccc(N(c5ccc(-c6ccccc6)cc5)c5ccc(-c6ccccc6)cc5)cc4)ccc3n(-c3ccccc3)c12. The van der Waals surface area contributed by atoms with Crippen LogP contribution in [0.4, 0.5) is 28.4 Å². The maximum absolute atomic E-state index is 8.64. The molecule has 10 rings (SSSR count). The van der Waals surface area contributed by atoms with Crippen molar-refractivity contribution >= 4 is 56.5 Å². The van der Waals surface area contributed by atoms with Gasteiger partial charge in [0.1, 0.15) is 0 Å². The van der Waals surface area contributed by atoms with Crippen molar-refractivity contribution in [2.45, 2.75) is 0 Å². The first-order valence-electron chi connectivity index (χ1n) is 19.9. The van der Waals surface area contributed by atoms with E-state index in [0.717, 1.165) is 72.6 Å². The summed E-state index contributed by atoms with van der Waals surface area (Å²) in [4.78, 5) is 2.32. The Morgan fingerprint density at radius 3 is 1.36 bits per heavy atom. The van der Waals surface area contributed by atoms with Gasteiger partial charge < -0.3 is 20.2 Å². The lowest BCUT2D eigenvalue weighted by atomic mass is 10.0. The summed E-state index contributed by atoms with van der Waals surface area (Å²) in [6, 6.07) is 79.2. The fraction of sp³-hybridized carbons (Fsp3) is 0. The summed E-state index contributed by atoms with van der Waals surface area (Å²) in [7, 11) is 0. The second kappa shape index (κ2) is 15.5. The van der Waals surface area contributed by atoms with Crippen molar-refractivity contribution in [3.8, 4) is 39.1 Å². The second-order valence-corrected chi connectivity index (χ2v) is 14.7. The number of nitrogens with zero attached hydrogens (tertiary/aromatic N) is 2. The van der Waals surface area contributed by atoms with Crippen LogP contribution in [0.15, 0.2) is 224 Å². The molecule has 1 heterocycles. The van der Waals surface area contributed by atoms with Gasteiger partial charge in [0, 0.05) is 56.7 Å². The van der Waals surface area contributed by atoms with E-state index in [1.54, 1.807) is 0 Å². The molecule has 4 nitrogen and oxygen atoms in total. The van der Waals surface area contributed by atoms with Crippen molar-refractivity contribution in [3.05, 3.63) is 230 Å². The molecule has 4 heteroatoms. The highest BCUT2D eigenvalue weighted by molar-refractivity contribution is 6.17. The van der Waals surface area contributed by atoms with E-state index in [2.05, 4.69) is 203 Å². The Kier molecular flexibility index (Phi) is 9.34. The largest absolute Gasteiger partial charge is 0.355 e. The predicted octanol–water partition coefficient (Wildman–Crippen LogP) is 15.0. The van der Waals surface area contributed by atoms with Crippen LogP contribution < -0.4 is 10.2 Å². The first-order valence-corrected chi connectivity index (χ1v) is 19.9. The van der Waals surface area contributed by atoms with Crippen LogP contribution in [0.2, 0.25) is 0 Å². The van der Waals surface area contributed by atoms with Gasteiger partial charge in [-0.05, 0) is 112 Å². The fourth-order valence-electron chi connectivity index (χ4n) is 8.21. The maximum atomic E-state index is 8.64. The van der Waals surface area contributed by atoms with Gasteiger partial charge in [0.2, 0.25) is 0 Å². The van der Waals surface area contributed by atoms with Crippen molar-refractivity contribution in [1.82, 2.24) is 4.57 Å². The molecule has 1 aromatic heterocycles. The van der Waals surface area contributed by atoms with Crippen LogP contribution in [-0.4, -0.2) is 10.8 Å². The summed E-state index contributed by atoms with van der Waals surface area (Å²) in [6.45, 7) is 0. The van der Waals surface area contributed by atoms with Crippen LogP contribution in [0.3, 0.4) is 0 Å². The van der Waals surface area contributed by atoms with Crippen molar-refractivity contribution in [3.63, 3.8) is 0 Å². The highest BCUT2D eigenvalue weighted by atomic mass is 15.1. The zero-order valence-corrected chi connectivity index (χ0v) is 32.3. The number of hydrogen-bond donors (Lipinski definition) is 2. The van der Waals surface area contributed by atoms with E-state index < -0.39 is 0 Å². The number of benzene rings is 9. The number of hydrogen-bond acceptors (Lipinski definition) is 3. The number of aromatic nitrogens is 1. The highest BCUT2D eigenvalue weighted by Gasteiger charge is 2.19. The summed E-state index contributed by atoms with van der Waals surface area (Å²) in [5.74, 6) is 0. The van der Waals surface area contributed by atoms with Gasteiger partial charge in [0.25, 0.3) is 0 Å². The van der Waals surface area contributed by atoms with E-state index in [1.165, 1.54) is 28.5 Å². The average molecular weight is 757 g/mol. The Hall–Kier alpha value is -7.95. The molecular weight excluding hydrogens is 717 g/mol. The summed E-state index contributed by atoms with van der Waals surface area (Å²) in [5, 5.41) is 14.4. The smallest absolute Gasteiger partial charge is 0.0649 e. The monoisotopic (exact) mass is 756 g/mol. The minimum Gasteiger partial charge on any atom is -0.355 e. The quantitative estimate of drug-likeness (QED) is 0.137. The number of fused-ring (bicyclic) bond motifs is 3. The van der Waals surface area contributed by atoms with Gasteiger partial charge in [-0.2, -0.15) is 0 Å². The topological polar surface area (TPSA) is 44.1 Å². The van der Waals surface area contributed by atoms with Gasteiger partial charge >= 0.3 is 0 Å². The zero-order chi connectivity index (χ0) is 39.5. The van der Waals surface area contributed by atoms with E-state index in [4.69, 9.17) is 5.41 Å². The van der Waals surface area contributed by atoms with Crippen LogP contribution in [0.25, 0.3) is 60.9 Å². The summed E-state index contributed by atoms with van der Waals surface area (Å²) < 4.78 is 2.29. The van der Waals surface area contributed by atoms with E-state index in [0.29, 0.717) is 0 Å². The van der Waals surface area contributed by atoms with Gasteiger partial charge in [-0.1, -0.05) is 146 Å². The van der Waals surface area contributed by atoms with Crippen molar-refractivity contribution in [1.29, 1.82) is 5.41 Å². The molecule has 0 spiro atoms. The highest BCUT2D eigenvalue weighted by Crippen LogP contribution is 2.41. The average Bonchev–Trinajstić information content (AvgIpc) is 3.65. The molecule has 0 unspecified atom stereocenters. The lowest BCUT2D eigenvalue weighted by Crippen LogP contribution is -2.09. The van der Waals surface area contributed by atoms with E-state index in [1.807, 2.05) is 36.4 Å². The third-order valence-electron chi connectivity index (χ3n) is 11.1. The Morgan fingerprint density at radius 1 is 0.407 bits per heavy atom. The van der Waals surface area contributed by atoms with Crippen molar-refractivity contribution in [2.75, 3.05) is 10.2 Å². The molecule has 2 N–H and O–H groups in total. The molecule has 0 bridgehead atoms. The third kappa shape index (κ3) is 6.83. The molecular formula is C55H40N4. The first-order chi connectivity index (χ1) is 29.2. The molecule has 9 aromatic carbocycles. The molecule has 0 saturated carbocycles. The molecule has 0 aliphatic heterocycles. The molecule has 0 radical (unpaired) electrons. The molecule has 0 fully saturated rings. The van der Waals surface area contributed by atoms with E-state index >= 15 is 0 Å². The van der Waals surface area contributed by atoms with Crippen LogP contribution in [0.1, 0.15) is 5.56 Å². The molecule has 0 aliphatic carbocycles.